The second-order valence-electron chi connectivity index (χ2n) is 6.47. The summed E-state index contributed by atoms with van der Waals surface area (Å²) in [7, 11) is -3.86. The van der Waals surface area contributed by atoms with Crippen LogP contribution in [0.5, 0.6) is 0 Å². The van der Waals surface area contributed by atoms with Gasteiger partial charge in [-0.3, -0.25) is 4.79 Å². The topological polar surface area (TPSA) is 106 Å². The normalized spacial score (nSPS) is 20.4. The number of hydrogen-bond donors (Lipinski definition) is 2. The molecule has 1 saturated heterocycles. The van der Waals surface area contributed by atoms with Crippen LogP contribution in [0.25, 0.3) is 0 Å². The zero-order valence-corrected chi connectivity index (χ0v) is 14.7. The highest BCUT2D eigenvalue weighted by Crippen LogP contribution is 2.24. The first-order valence-corrected chi connectivity index (χ1v) is 9.34. The molecule has 2 atom stereocenters. The number of nitrogens with zero attached hydrogens (tertiary/aromatic N) is 1. The molecule has 23 heavy (non-hydrogen) atoms. The van der Waals surface area contributed by atoms with Crippen LogP contribution in [0, 0.1) is 19.8 Å². The molecule has 1 aromatic carbocycles. The van der Waals surface area contributed by atoms with Gasteiger partial charge in [-0.25, -0.2) is 13.6 Å². The summed E-state index contributed by atoms with van der Waals surface area (Å²) >= 11 is 0. The average Bonchev–Trinajstić information content (AvgIpc) is 2.48. The van der Waals surface area contributed by atoms with Gasteiger partial charge in [0, 0.05) is 24.7 Å². The minimum absolute atomic E-state index is 0.0154. The van der Waals surface area contributed by atoms with Crippen LogP contribution in [-0.4, -0.2) is 38.4 Å². The van der Waals surface area contributed by atoms with Crippen LogP contribution in [0.4, 0.5) is 0 Å². The van der Waals surface area contributed by atoms with Crippen molar-refractivity contribution in [2.45, 2.75) is 44.6 Å². The summed E-state index contributed by atoms with van der Waals surface area (Å²) in [6, 6.07) is 3.14. The van der Waals surface area contributed by atoms with Crippen LogP contribution < -0.4 is 10.9 Å². The Kier molecular flexibility index (Phi) is 5.13. The number of benzene rings is 1. The van der Waals surface area contributed by atoms with Gasteiger partial charge in [0.05, 0.1) is 4.90 Å². The number of rotatable bonds is 3. The summed E-state index contributed by atoms with van der Waals surface area (Å²) in [5, 5.41) is 5.27. The van der Waals surface area contributed by atoms with Gasteiger partial charge < -0.3 is 10.6 Å². The molecule has 2 rings (SSSR count). The summed E-state index contributed by atoms with van der Waals surface area (Å²) < 4.78 is 23.5. The zero-order valence-electron chi connectivity index (χ0n) is 13.9. The number of piperidine rings is 1. The lowest BCUT2D eigenvalue weighted by molar-refractivity contribution is 0.0660. The molecule has 1 aromatic rings. The van der Waals surface area contributed by atoms with E-state index >= 15 is 0 Å². The molecular formula is C16H25N3O3S. The Morgan fingerprint density at radius 1 is 1.35 bits per heavy atom. The van der Waals surface area contributed by atoms with Crippen LogP contribution in [0.2, 0.25) is 0 Å². The van der Waals surface area contributed by atoms with E-state index in [1.807, 2.05) is 6.92 Å². The first-order valence-electron chi connectivity index (χ1n) is 7.80. The Hall–Kier alpha value is -1.44. The molecule has 4 N–H and O–H groups in total. The Balaban J connectivity index is 2.35. The monoisotopic (exact) mass is 339 g/mol. The Labute approximate surface area is 137 Å². The summed E-state index contributed by atoms with van der Waals surface area (Å²) in [6.07, 6.45) is 1.92. The van der Waals surface area contributed by atoms with E-state index in [1.54, 1.807) is 24.8 Å². The van der Waals surface area contributed by atoms with Crippen LogP contribution >= 0.6 is 0 Å². The van der Waals surface area contributed by atoms with Gasteiger partial charge in [0.2, 0.25) is 10.0 Å². The molecule has 1 aliphatic heterocycles. The van der Waals surface area contributed by atoms with E-state index in [2.05, 4.69) is 0 Å². The molecule has 0 spiro atoms. The fourth-order valence-corrected chi connectivity index (χ4v) is 3.93. The van der Waals surface area contributed by atoms with Crippen LogP contribution in [0.1, 0.15) is 41.3 Å². The highest BCUT2D eigenvalue weighted by atomic mass is 32.2. The van der Waals surface area contributed by atoms with Crippen molar-refractivity contribution in [2.75, 3.05) is 13.1 Å². The number of nitrogens with two attached hydrogens (primary N) is 2. The Morgan fingerprint density at radius 2 is 2.00 bits per heavy atom. The molecule has 1 amide bonds. The molecule has 0 aromatic heterocycles. The fourth-order valence-electron chi connectivity index (χ4n) is 3.05. The van der Waals surface area contributed by atoms with E-state index in [1.165, 1.54) is 6.07 Å². The molecular weight excluding hydrogens is 314 g/mol. The van der Waals surface area contributed by atoms with Gasteiger partial charge in [0.25, 0.3) is 5.91 Å². The van der Waals surface area contributed by atoms with Crippen molar-refractivity contribution in [3.05, 3.63) is 28.8 Å². The van der Waals surface area contributed by atoms with Gasteiger partial charge in [0.15, 0.2) is 0 Å². The molecule has 0 aliphatic carbocycles. The van der Waals surface area contributed by atoms with E-state index in [0.717, 1.165) is 18.4 Å². The van der Waals surface area contributed by atoms with E-state index in [9.17, 15) is 13.2 Å². The maximum absolute atomic E-state index is 12.8. The fraction of sp³-hybridized carbons (Fsp3) is 0.562. The molecule has 0 radical (unpaired) electrons. The standard InChI is InChI=1S/C16H25N3O3S/c1-10-7-14(8-15(11(10)2)23(18,21)22)16(20)19-6-4-5-13(9-19)12(3)17/h7-8,12-13H,4-6,9,17H2,1-3H3,(H2,18,21,22). The lowest BCUT2D eigenvalue weighted by Crippen LogP contribution is -2.45. The van der Waals surface area contributed by atoms with Crippen molar-refractivity contribution < 1.29 is 13.2 Å². The number of carbonyl (C=O) groups excluding carboxylic acids is 1. The molecule has 0 bridgehead atoms. The van der Waals surface area contributed by atoms with Gasteiger partial charge in [-0.1, -0.05) is 0 Å². The molecule has 1 fully saturated rings. The first kappa shape index (κ1) is 17.9. The lowest BCUT2D eigenvalue weighted by Gasteiger charge is -2.34. The number of carbonyl (C=O) groups is 1. The smallest absolute Gasteiger partial charge is 0.253 e. The number of aryl methyl sites for hydroxylation is 1. The SMILES string of the molecule is Cc1cc(C(=O)N2CCCC(C(C)N)C2)cc(S(N)(=O)=O)c1C. The minimum Gasteiger partial charge on any atom is -0.338 e. The molecule has 1 heterocycles. The van der Waals surface area contributed by atoms with Gasteiger partial charge >= 0.3 is 0 Å². The van der Waals surface area contributed by atoms with E-state index in [4.69, 9.17) is 10.9 Å². The van der Waals surface area contributed by atoms with Crippen LogP contribution in [0.3, 0.4) is 0 Å². The third kappa shape index (κ3) is 3.91. The number of sulfonamides is 1. The van der Waals surface area contributed by atoms with Gasteiger partial charge in [-0.05, 0) is 62.8 Å². The molecule has 2 unspecified atom stereocenters. The van der Waals surface area contributed by atoms with Gasteiger partial charge in [-0.15, -0.1) is 0 Å². The molecule has 6 nitrogen and oxygen atoms in total. The highest BCUT2D eigenvalue weighted by Gasteiger charge is 2.27. The molecule has 128 valence electrons. The zero-order chi connectivity index (χ0) is 17.4. The summed E-state index contributed by atoms with van der Waals surface area (Å²) in [4.78, 5) is 14.5. The second-order valence-corrected chi connectivity index (χ2v) is 8.00. The third-order valence-corrected chi connectivity index (χ3v) is 5.70. The third-order valence-electron chi connectivity index (χ3n) is 4.66. The summed E-state index contributed by atoms with van der Waals surface area (Å²) in [6.45, 7) is 6.69. The van der Waals surface area contributed by atoms with Crippen molar-refractivity contribution >= 4 is 15.9 Å². The number of likely N-dealkylation sites (tertiary alicyclic amines) is 1. The predicted octanol–water partition coefficient (Wildman–Crippen LogP) is 1.15. The van der Waals surface area contributed by atoms with Crippen molar-refractivity contribution in [1.82, 2.24) is 4.90 Å². The average molecular weight is 339 g/mol. The molecule has 0 saturated carbocycles. The molecule has 1 aliphatic rings. The van der Waals surface area contributed by atoms with Crippen molar-refractivity contribution in [2.24, 2.45) is 16.8 Å². The van der Waals surface area contributed by atoms with Gasteiger partial charge in [-0.2, -0.15) is 0 Å². The van der Waals surface area contributed by atoms with E-state index < -0.39 is 10.0 Å². The number of amides is 1. The number of primary sulfonamides is 1. The minimum atomic E-state index is -3.86. The highest BCUT2D eigenvalue weighted by molar-refractivity contribution is 7.89. The number of hydrogen-bond acceptors (Lipinski definition) is 4. The van der Waals surface area contributed by atoms with Crippen LogP contribution in [0.15, 0.2) is 17.0 Å². The summed E-state index contributed by atoms with van der Waals surface area (Å²) in [5.74, 6) is 0.111. The van der Waals surface area contributed by atoms with Crippen molar-refractivity contribution in [3.63, 3.8) is 0 Å². The maximum atomic E-state index is 12.8. The first-order chi connectivity index (χ1) is 10.6. The van der Waals surface area contributed by atoms with Crippen LogP contribution in [-0.2, 0) is 10.0 Å². The second kappa shape index (κ2) is 6.59. The maximum Gasteiger partial charge on any atom is 0.253 e. The predicted molar refractivity (Wildman–Crippen MR) is 89.6 cm³/mol. The Bertz CT molecular complexity index is 714. The summed E-state index contributed by atoms with van der Waals surface area (Å²) in [5.41, 5.74) is 7.64. The molecule has 7 heteroatoms. The lowest BCUT2D eigenvalue weighted by atomic mass is 9.91. The van der Waals surface area contributed by atoms with Gasteiger partial charge in [0.1, 0.15) is 0 Å². The van der Waals surface area contributed by atoms with Crippen molar-refractivity contribution in [3.8, 4) is 0 Å². The van der Waals surface area contributed by atoms with E-state index in [0.29, 0.717) is 24.2 Å². The Morgan fingerprint density at radius 3 is 2.57 bits per heavy atom. The van der Waals surface area contributed by atoms with Crippen molar-refractivity contribution in [1.29, 1.82) is 0 Å². The van der Waals surface area contributed by atoms with E-state index in [-0.39, 0.29) is 22.8 Å². The largest absolute Gasteiger partial charge is 0.338 e. The quantitative estimate of drug-likeness (QED) is 0.861.